The summed E-state index contributed by atoms with van der Waals surface area (Å²) in [7, 11) is 1.62. The maximum atomic E-state index is 12.0. The standard InChI is InChI=1S/C20H16ClN3O2S2/c1-26-16-9-5-14(6-10-16)17-12-28-20(22-17)24-19(27)23-18(25)11-4-13-2-7-15(21)8-3-13/h2-12H,1H3,(H2,22,23,24,25,27). The van der Waals surface area contributed by atoms with Gasteiger partial charge in [0, 0.05) is 22.0 Å². The first kappa shape index (κ1) is 20.0. The molecule has 0 atom stereocenters. The molecule has 0 fully saturated rings. The summed E-state index contributed by atoms with van der Waals surface area (Å²) >= 11 is 12.4. The molecule has 8 heteroatoms. The second kappa shape index (κ2) is 9.45. The third kappa shape index (κ3) is 5.63. The average Bonchev–Trinajstić information content (AvgIpc) is 3.16. The number of rotatable bonds is 5. The summed E-state index contributed by atoms with van der Waals surface area (Å²) in [5.74, 6) is 0.451. The summed E-state index contributed by atoms with van der Waals surface area (Å²) in [6.07, 6.45) is 3.08. The van der Waals surface area contributed by atoms with E-state index in [4.69, 9.17) is 28.6 Å². The van der Waals surface area contributed by atoms with Gasteiger partial charge in [0.15, 0.2) is 10.2 Å². The quantitative estimate of drug-likeness (QED) is 0.441. The second-order valence-electron chi connectivity index (χ2n) is 5.59. The summed E-state index contributed by atoms with van der Waals surface area (Å²) in [5.41, 5.74) is 2.64. The van der Waals surface area contributed by atoms with Crippen molar-refractivity contribution in [2.24, 2.45) is 0 Å². The van der Waals surface area contributed by atoms with Crippen LogP contribution in [0.4, 0.5) is 5.13 Å². The van der Waals surface area contributed by atoms with Gasteiger partial charge < -0.3 is 10.1 Å². The third-order valence-electron chi connectivity index (χ3n) is 3.64. The number of methoxy groups -OCH3 is 1. The van der Waals surface area contributed by atoms with Gasteiger partial charge in [0.25, 0.3) is 0 Å². The van der Waals surface area contributed by atoms with E-state index >= 15 is 0 Å². The molecule has 28 heavy (non-hydrogen) atoms. The van der Waals surface area contributed by atoms with Crippen molar-refractivity contribution in [2.45, 2.75) is 0 Å². The molecule has 2 N–H and O–H groups in total. The number of benzene rings is 2. The highest BCUT2D eigenvalue weighted by Gasteiger charge is 2.07. The molecule has 0 bridgehead atoms. The van der Waals surface area contributed by atoms with Crippen molar-refractivity contribution in [3.8, 4) is 17.0 Å². The Kier molecular flexibility index (Phi) is 6.76. The first-order valence-electron chi connectivity index (χ1n) is 8.19. The fourth-order valence-corrected chi connectivity index (χ4v) is 3.37. The van der Waals surface area contributed by atoms with Crippen LogP contribution in [0.5, 0.6) is 5.75 Å². The van der Waals surface area contributed by atoms with Crippen molar-refractivity contribution in [3.05, 3.63) is 70.6 Å². The fourth-order valence-electron chi connectivity index (χ4n) is 2.25. The number of thiocarbonyl (C=S) groups is 1. The van der Waals surface area contributed by atoms with E-state index in [1.165, 1.54) is 17.4 Å². The molecule has 3 rings (SSSR count). The number of nitrogens with one attached hydrogen (secondary N) is 2. The van der Waals surface area contributed by atoms with Crippen LogP contribution in [0.15, 0.2) is 60.0 Å². The van der Waals surface area contributed by atoms with Crippen LogP contribution in [0.1, 0.15) is 5.56 Å². The molecule has 0 aliphatic heterocycles. The molecule has 142 valence electrons. The SMILES string of the molecule is COc1ccc(-c2csc(NC(=S)NC(=O)C=Cc3ccc(Cl)cc3)n2)cc1. The van der Waals surface area contributed by atoms with E-state index in [9.17, 15) is 4.79 Å². The van der Waals surface area contributed by atoms with Gasteiger partial charge in [-0.15, -0.1) is 11.3 Å². The summed E-state index contributed by atoms with van der Waals surface area (Å²) in [6, 6.07) is 14.8. The largest absolute Gasteiger partial charge is 0.497 e. The number of carbonyl (C=O) groups excluding carboxylic acids is 1. The minimum atomic E-state index is -0.334. The van der Waals surface area contributed by atoms with Gasteiger partial charge >= 0.3 is 0 Å². The molecule has 1 aromatic heterocycles. The molecule has 1 heterocycles. The highest BCUT2D eigenvalue weighted by molar-refractivity contribution is 7.80. The van der Waals surface area contributed by atoms with Crippen LogP contribution in [0.2, 0.25) is 5.02 Å². The van der Waals surface area contributed by atoms with Gasteiger partial charge in [-0.3, -0.25) is 10.1 Å². The van der Waals surface area contributed by atoms with E-state index in [2.05, 4.69) is 15.6 Å². The van der Waals surface area contributed by atoms with Gasteiger partial charge in [-0.25, -0.2) is 4.98 Å². The lowest BCUT2D eigenvalue weighted by molar-refractivity contribution is -0.115. The number of hydrogen-bond acceptors (Lipinski definition) is 5. The molecule has 1 amide bonds. The van der Waals surface area contributed by atoms with Gasteiger partial charge in [-0.1, -0.05) is 23.7 Å². The van der Waals surface area contributed by atoms with Crippen molar-refractivity contribution in [1.82, 2.24) is 10.3 Å². The van der Waals surface area contributed by atoms with Gasteiger partial charge in [-0.05, 0) is 60.3 Å². The molecule has 0 radical (unpaired) electrons. The zero-order valence-electron chi connectivity index (χ0n) is 14.8. The Morgan fingerprint density at radius 2 is 1.89 bits per heavy atom. The molecule has 0 unspecified atom stereocenters. The number of amides is 1. The number of carbonyl (C=O) groups is 1. The third-order valence-corrected chi connectivity index (χ3v) is 4.86. The Balaban J connectivity index is 1.55. The van der Waals surface area contributed by atoms with Crippen LogP contribution in [0.3, 0.4) is 0 Å². The summed E-state index contributed by atoms with van der Waals surface area (Å²) in [6.45, 7) is 0. The van der Waals surface area contributed by atoms with Crippen molar-refractivity contribution in [2.75, 3.05) is 12.4 Å². The average molecular weight is 430 g/mol. The Hall–Kier alpha value is -2.74. The zero-order valence-corrected chi connectivity index (χ0v) is 17.2. The van der Waals surface area contributed by atoms with E-state index in [0.717, 1.165) is 22.6 Å². The number of aromatic nitrogens is 1. The molecule has 5 nitrogen and oxygen atoms in total. The maximum absolute atomic E-state index is 12.0. The summed E-state index contributed by atoms with van der Waals surface area (Å²) in [4.78, 5) is 16.5. The molecular formula is C20H16ClN3O2S2. The van der Waals surface area contributed by atoms with E-state index in [-0.39, 0.29) is 11.0 Å². The zero-order chi connectivity index (χ0) is 19.9. The van der Waals surface area contributed by atoms with E-state index in [1.54, 1.807) is 25.3 Å². The van der Waals surface area contributed by atoms with Crippen LogP contribution < -0.4 is 15.4 Å². The van der Waals surface area contributed by atoms with Crippen LogP contribution in [-0.2, 0) is 4.79 Å². The van der Waals surface area contributed by atoms with E-state index in [0.29, 0.717) is 10.2 Å². The van der Waals surface area contributed by atoms with Crippen molar-refractivity contribution >= 4 is 57.4 Å². The van der Waals surface area contributed by atoms with E-state index < -0.39 is 0 Å². The predicted octanol–water partition coefficient (Wildman–Crippen LogP) is 5.00. The summed E-state index contributed by atoms with van der Waals surface area (Å²) < 4.78 is 5.15. The van der Waals surface area contributed by atoms with Gasteiger partial charge in [0.2, 0.25) is 5.91 Å². The number of anilines is 1. The molecule has 0 spiro atoms. The first-order valence-corrected chi connectivity index (χ1v) is 9.85. The topological polar surface area (TPSA) is 63.2 Å². The smallest absolute Gasteiger partial charge is 0.250 e. The Bertz CT molecular complexity index is 999. The molecule has 0 saturated carbocycles. The van der Waals surface area contributed by atoms with Gasteiger partial charge in [-0.2, -0.15) is 0 Å². The van der Waals surface area contributed by atoms with Crippen LogP contribution in [0, 0.1) is 0 Å². The van der Waals surface area contributed by atoms with Gasteiger partial charge in [0.05, 0.1) is 12.8 Å². The lowest BCUT2D eigenvalue weighted by atomic mass is 10.2. The molecule has 2 aromatic carbocycles. The lowest BCUT2D eigenvalue weighted by Gasteiger charge is -2.05. The first-order chi connectivity index (χ1) is 13.5. The van der Waals surface area contributed by atoms with Crippen LogP contribution in [-0.4, -0.2) is 23.1 Å². The van der Waals surface area contributed by atoms with E-state index in [1.807, 2.05) is 41.8 Å². The van der Waals surface area contributed by atoms with Gasteiger partial charge in [0.1, 0.15) is 5.75 Å². The Morgan fingerprint density at radius 3 is 2.57 bits per heavy atom. The highest BCUT2D eigenvalue weighted by atomic mass is 35.5. The molecular weight excluding hydrogens is 414 g/mol. The molecule has 0 saturated heterocycles. The van der Waals surface area contributed by atoms with Crippen LogP contribution >= 0.6 is 35.2 Å². The van der Waals surface area contributed by atoms with Crippen LogP contribution in [0.25, 0.3) is 17.3 Å². The van der Waals surface area contributed by atoms with Crippen molar-refractivity contribution in [1.29, 1.82) is 0 Å². The number of hydrogen-bond donors (Lipinski definition) is 2. The van der Waals surface area contributed by atoms with Crippen molar-refractivity contribution < 1.29 is 9.53 Å². The fraction of sp³-hybridized carbons (Fsp3) is 0.0500. The van der Waals surface area contributed by atoms with Crippen molar-refractivity contribution in [3.63, 3.8) is 0 Å². The minimum absolute atomic E-state index is 0.182. The second-order valence-corrected chi connectivity index (χ2v) is 7.30. The Morgan fingerprint density at radius 1 is 1.18 bits per heavy atom. The highest BCUT2D eigenvalue weighted by Crippen LogP contribution is 2.26. The minimum Gasteiger partial charge on any atom is -0.497 e. The molecule has 0 aliphatic carbocycles. The lowest BCUT2D eigenvalue weighted by Crippen LogP contribution is -2.32. The monoisotopic (exact) mass is 429 g/mol. The number of nitrogens with zero attached hydrogens (tertiary/aromatic N) is 1. The molecule has 0 aliphatic rings. The normalized spacial score (nSPS) is 10.6. The number of ether oxygens (including phenoxy) is 1. The summed E-state index contributed by atoms with van der Waals surface area (Å²) in [5, 5.41) is 8.85. The predicted molar refractivity (Wildman–Crippen MR) is 119 cm³/mol. The number of thiazole rings is 1. The molecule has 3 aromatic rings. The number of halogens is 1. The maximum Gasteiger partial charge on any atom is 0.250 e. The Labute approximate surface area is 177 Å².